The van der Waals surface area contributed by atoms with E-state index in [1.54, 1.807) is 18.2 Å². The Morgan fingerprint density at radius 2 is 2.07 bits per heavy atom. The third-order valence-electron chi connectivity index (χ3n) is 1.86. The van der Waals surface area contributed by atoms with E-state index in [9.17, 15) is 8.42 Å². The maximum atomic E-state index is 10.8. The maximum absolute atomic E-state index is 10.8. The molecule has 0 heterocycles. The van der Waals surface area contributed by atoms with Crippen LogP contribution in [0.25, 0.3) is 0 Å². The SMILES string of the molecule is COc1ccc(Cl)cc1CCS(=O)(=O)Cl. The van der Waals surface area contributed by atoms with Gasteiger partial charge in [-0.3, -0.25) is 0 Å². The second-order valence-electron chi connectivity index (χ2n) is 2.95. The second kappa shape index (κ2) is 5.05. The van der Waals surface area contributed by atoms with Gasteiger partial charge < -0.3 is 4.74 Å². The van der Waals surface area contributed by atoms with Gasteiger partial charge in [-0.05, 0) is 30.2 Å². The van der Waals surface area contributed by atoms with Crippen LogP contribution in [0.15, 0.2) is 18.2 Å². The Morgan fingerprint density at radius 1 is 1.40 bits per heavy atom. The van der Waals surface area contributed by atoms with Crippen molar-refractivity contribution in [3.8, 4) is 5.75 Å². The van der Waals surface area contributed by atoms with Crippen LogP contribution in [0.1, 0.15) is 5.56 Å². The molecule has 0 aliphatic heterocycles. The highest BCUT2D eigenvalue weighted by Gasteiger charge is 2.09. The van der Waals surface area contributed by atoms with Crippen LogP contribution >= 0.6 is 22.3 Å². The van der Waals surface area contributed by atoms with Gasteiger partial charge in [-0.15, -0.1) is 0 Å². The Hall–Kier alpha value is -0.450. The summed E-state index contributed by atoms with van der Waals surface area (Å²) in [5.41, 5.74) is 0.731. The van der Waals surface area contributed by atoms with Crippen LogP contribution in [0.3, 0.4) is 0 Å². The molecule has 3 nitrogen and oxygen atoms in total. The third kappa shape index (κ3) is 4.28. The van der Waals surface area contributed by atoms with E-state index in [2.05, 4.69) is 0 Å². The van der Waals surface area contributed by atoms with Gasteiger partial charge in [0.1, 0.15) is 5.75 Å². The lowest BCUT2D eigenvalue weighted by Crippen LogP contribution is -2.02. The van der Waals surface area contributed by atoms with Gasteiger partial charge in [-0.1, -0.05) is 11.6 Å². The lowest BCUT2D eigenvalue weighted by atomic mass is 10.1. The molecular weight excluding hydrogens is 259 g/mol. The van der Waals surface area contributed by atoms with E-state index in [0.717, 1.165) is 5.56 Å². The Morgan fingerprint density at radius 3 is 2.60 bits per heavy atom. The van der Waals surface area contributed by atoms with Crippen LogP contribution in [0.2, 0.25) is 5.02 Å². The van der Waals surface area contributed by atoms with Crippen LogP contribution in [0.5, 0.6) is 5.75 Å². The molecule has 0 saturated carbocycles. The number of hydrogen-bond donors (Lipinski definition) is 0. The second-order valence-corrected chi connectivity index (χ2v) is 6.28. The average molecular weight is 269 g/mol. The molecule has 0 fully saturated rings. The highest BCUT2D eigenvalue weighted by atomic mass is 35.7. The van der Waals surface area contributed by atoms with Crippen molar-refractivity contribution in [3.63, 3.8) is 0 Å². The smallest absolute Gasteiger partial charge is 0.232 e. The molecule has 1 rings (SSSR count). The topological polar surface area (TPSA) is 43.4 Å². The van der Waals surface area contributed by atoms with E-state index in [1.807, 2.05) is 0 Å². The minimum absolute atomic E-state index is 0.134. The fourth-order valence-electron chi connectivity index (χ4n) is 1.17. The van der Waals surface area contributed by atoms with Gasteiger partial charge in [0.15, 0.2) is 0 Å². The summed E-state index contributed by atoms with van der Waals surface area (Å²) < 4.78 is 26.6. The summed E-state index contributed by atoms with van der Waals surface area (Å²) in [4.78, 5) is 0. The summed E-state index contributed by atoms with van der Waals surface area (Å²) in [7, 11) is 3.15. The van der Waals surface area contributed by atoms with E-state index in [4.69, 9.17) is 27.0 Å². The number of halogens is 2. The van der Waals surface area contributed by atoms with Crippen molar-refractivity contribution in [2.45, 2.75) is 6.42 Å². The van der Waals surface area contributed by atoms with Crippen molar-refractivity contribution in [1.29, 1.82) is 0 Å². The first-order chi connectivity index (χ1) is 6.92. The summed E-state index contributed by atoms with van der Waals surface area (Å²) in [5.74, 6) is 0.477. The molecule has 0 radical (unpaired) electrons. The fraction of sp³-hybridized carbons (Fsp3) is 0.333. The van der Waals surface area contributed by atoms with Gasteiger partial charge in [-0.2, -0.15) is 0 Å². The summed E-state index contributed by atoms with van der Waals surface area (Å²) >= 11 is 5.79. The van der Waals surface area contributed by atoms with E-state index in [0.29, 0.717) is 10.8 Å². The van der Waals surface area contributed by atoms with Crippen LogP contribution in [-0.2, 0) is 15.5 Å². The average Bonchev–Trinajstić information content (AvgIpc) is 2.14. The van der Waals surface area contributed by atoms with Crippen molar-refractivity contribution in [3.05, 3.63) is 28.8 Å². The van der Waals surface area contributed by atoms with Crippen LogP contribution < -0.4 is 4.74 Å². The van der Waals surface area contributed by atoms with Crippen LogP contribution in [0.4, 0.5) is 0 Å². The molecule has 0 aromatic heterocycles. The minimum Gasteiger partial charge on any atom is -0.496 e. The molecule has 0 spiro atoms. The Balaban J connectivity index is 2.88. The Labute approximate surface area is 98.4 Å². The summed E-state index contributed by atoms with van der Waals surface area (Å²) in [5, 5.41) is 0.540. The Kier molecular flexibility index (Phi) is 4.25. The van der Waals surface area contributed by atoms with Gasteiger partial charge in [0, 0.05) is 15.7 Å². The molecule has 0 N–H and O–H groups in total. The molecule has 0 saturated heterocycles. The molecule has 1 aromatic carbocycles. The molecule has 0 bridgehead atoms. The highest BCUT2D eigenvalue weighted by molar-refractivity contribution is 8.13. The molecule has 6 heteroatoms. The third-order valence-corrected chi connectivity index (χ3v) is 3.25. The van der Waals surface area contributed by atoms with Gasteiger partial charge in [0.05, 0.1) is 12.9 Å². The number of methoxy groups -OCH3 is 1. The van der Waals surface area contributed by atoms with Crippen LogP contribution in [0, 0.1) is 0 Å². The van der Waals surface area contributed by atoms with Crippen molar-refractivity contribution in [2.24, 2.45) is 0 Å². The first-order valence-electron chi connectivity index (χ1n) is 4.17. The molecule has 0 aliphatic rings. The first kappa shape index (κ1) is 12.6. The van der Waals surface area contributed by atoms with E-state index < -0.39 is 9.05 Å². The van der Waals surface area contributed by atoms with Gasteiger partial charge in [-0.25, -0.2) is 8.42 Å². The molecule has 0 unspecified atom stereocenters. The Bertz CT molecular complexity index is 443. The van der Waals surface area contributed by atoms with Crippen molar-refractivity contribution < 1.29 is 13.2 Å². The molecule has 0 amide bonds. The van der Waals surface area contributed by atoms with Crippen molar-refractivity contribution in [1.82, 2.24) is 0 Å². The van der Waals surface area contributed by atoms with Crippen molar-refractivity contribution in [2.75, 3.05) is 12.9 Å². The lowest BCUT2D eigenvalue weighted by Gasteiger charge is -2.07. The first-order valence-corrected chi connectivity index (χ1v) is 7.03. The predicted octanol–water partition coefficient (Wildman–Crippen LogP) is 2.46. The van der Waals surface area contributed by atoms with Crippen molar-refractivity contribution >= 4 is 31.3 Å². The van der Waals surface area contributed by atoms with E-state index >= 15 is 0 Å². The summed E-state index contributed by atoms with van der Waals surface area (Å²) in [6.45, 7) is 0. The minimum atomic E-state index is -3.49. The number of aryl methyl sites for hydroxylation is 1. The van der Waals surface area contributed by atoms with Crippen LogP contribution in [-0.4, -0.2) is 21.3 Å². The van der Waals surface area contributed by atoms with Gasteiger partial charge in [0.2, 0.25) is 9.05 Å². The number of benzene rings is 1. The van der Waals surface area contributed by atoms with E-state index in [1.165, 1.54) is 7.11 Å². The molecule has 0 aliphatic carbocycles. The molecule has 0 atom stereocenters. The standard InChI is InChI=1S/C9H10Cl2O3S/c1-14-9-3-2-8(10)6-7(9)4-5-15(11,12)13/h2-3,6H,4-5H2,1H3. The number of ether oxygens (including phenoxy) is 1. The fourth-order valence-corrected chi connectivity index (χ4v) is 2.06. The summed E-state index contributed by atoms with van der Waals surface area (Å²) in [6, 6.07) is 5.04. The monoisotopic (exact) mass is 268 g/mol. The van der Waals surface area contributed by atoms with E-state index in [-0.39, 0.29) is 12.2 Å². The molecule has 84 valence electrons. The highest BCUT2D eigenvalue weighted by Crippen LogP contribution is 2.23. The zero-order valence-corrected chi connectivity index (χ0v) is 10.4. The molecule has 15 heavy (non-hydrogen) atoms. The molecular formula is C9H10Cl2O3S. The zero-order chi connectivity index (χ0) is 11.5. The quantitative estimate of drug-likeness (QED) is 0.788. The normalized spacial score (nSPS) is 11.4. The largest absolute Gasteiger partial charge is 0.496 e. The maximum Gasteiger partial charge on any atom is 0.232 e. The lowest BCUT2D eigenvalue weighted by molar-refractivity contribution is 0.410. The van der Waals surface area contributed by atoms with Gasteiger partial charge >= 0.3 is 0 Å². The van der Waals surface area contributed by atoms with Gasteiger partial charge in [0.25, 0.3) is 0 Å². The number of rotatable bonds is 4. The molecule has 1 aromatic rings. The summed E-state index contributed by atoms with van der Waals surface area (Å²) in [6.07, 6.45) is 0.287. The predicted molar refractivity (Wildman–Crippen MR) is 61.3 cm³/mol. The zero-order valence-electron chi connectivity index (χ0n) is 8.04. The number of hydrogen-bond acceptors (Lipinski definition) is 3.